The second kappa shape index (κ2) is 10.0. The number of hydrogen-bond donors (Lipinski definition) is 2. The highest BCUT2D eigenvalue weighted by Gasteiger charge is 2.63. The lowest BCUT2D eigenvalue weighted by Crippen LogP contribution is -2.56. The van der Waals surface area contributed by atoms with Crippen LogP contribution >= 0.6 is 0 Å². The molecule has 3 aromatic carbocycles. The number of urea groups is 1. The molecule has 4 aromatic rings. The number of amides is 4. The van der Waals surface area contributed by atoms with Gasteiger partial charge in [0.1, 0.15) is 5.75 Å². The highest BCUT2D eigenvalue weighted by atomic mass is 16.5. The Hall–Kier alpha value is -5.51. The zero-order chi connectivity index (χ0) is 31.8. The fraction of sp³-hybridized carbons (Fsp3) is 0.229. The van der Waals surface area contributed by atoms with E-state index in [2.05, 4.69) is 10.3 Å². The maximum absolute atomic E-state index is 14.6. The number of allylic oxidation sites excluding steroid dienone is 1. The second-order valence-electron chi connectivity index (χ2n) is 11.7. The molecule has 4 amide bonds. The van der Waals surface area contributed by atoms with Gasteiger partial charge in [0.2, 0.25) is 5.78 Å². The average molecular weight is 603 g/mol. The van der Waals surface area contributed by atoms with E-state index in [4.69, 9.17) is 4.74 Å². The molecule has 1 aromatic heterocycles. The maximum Gasteiger partial charge on any atom is 0.327 e. The lowest BCUT2D eigenvalue weighted by molar-refractivity contribution is -0.130. The fourth-order valence-electron chi connectivity index (χ4n) is 7.12. The van der Waals surface area contributed by atoms with Crippen LogP contribution in [-0.4, -0.2) is 77.5 Å². The number of benzene rings is 3. The van der Waals surface area contributed by atoms with E-state index in [0.717, 1.165) is 21.2 Å². The molecule has 3 aliphatic rings. The number of hydrogen-bond acceptors (Lipinski definition) is 6. The van der Waals surface area contributed by atoms with Crippen molar-refractivity contribution in [3.63, 3.8) is 0 Å². The summed E-state index contributed by atoms with van der Waals surface area (Å²) in [4.78, 5) is 74.3. The smallest absolute Gasteiger partial charge is 0.327 e. The van der Waals surface area contributed by atoms with E-state index in [-0.39, 0.29) is 47.7 Å². The molecule has 2 aliphatic carbocycles. The summed E-state index contributed by atoms with van der Waals surface area (Å²) >= 11 is 0. The normalized spacial score (nSPS) is 18.9. The Morgan fingerprint density at radius 3 is 2.44 bits per heavy atom. The first-order chi connectivity index (χ1) is 21.6. The zero-order valence-corrected chi connectivity index (χ0v) is 25.2. The number of aromatic nitrogens is 1. The number of aryl methyl sites for hydroxylation is 1. The molecule has 1 aliphatic heterocycles. The van der Waals surface area contributed by atoms with Crippen molar-refractivity contribution in [2.24, 2.45) is 0 Å². The topological polar surface area (TPSA) is 129 Å². The summed E-state index contributed by atoms with van der Waals surface area (Å²) in [5.74, 6) is -1.31. The third-order valence-electron chi connectivity index (χ3n) is 9.41. The van der Waals surface area contributed by atoms with E-state index in [9.17, 15) is 24.0 Å². The molecule has 45 heavy (non-hydrogen) atoms. The number of nitrogens with one attached hydrogen (secondary N) is 2. The van der Waals surface area contributed by atoms with Crippen LogP contribution in [0.25, 0.3) is 16.3 Å². The Balaban J connectivity index is 1.27. The molecule has 2 N–H and O–H groups in total. The van der Waals surface area contributed by atoms with Crippen molar-refractivity contribution in [1.29, 1.82) is 0 Å². The van der Waals surface area contributed by atoms with Gasteiger partial charge in [-0.15, -0.1) is 0 Å². The van der Waals surface area contributed by atoms with Crippen LogP contribution in [0.2, 0.25) is 0 Å². The standard InChI is InChI=1S/C35H30N4O6/c1-18-9-12-24(45-4)23-16-35(33(43)38(2)34(44)39(35)3)28-27(25(18)23)31(41)29-26(30(28)40)22(17-37-29)13-14-36-32(42)21-11-10-19-7-5-6-8-20(19)15-21/h5-12,15,17,37H,13-14,16H2,1-4H3,(H,36,42). The van der Waals surface area contributed by atoms with Gasteiger partial charge in [-0.05, 0) is 59.0 Å². The van der Waals surface area contributed by atoms with Gasteiger partial charge in [0, 0.05) is 55.5 Å². The zero-order valence-electron chi connectivity index (χ0n) is 25.2. The van der Waals surface area contributed by atoms with Gasteiger partial charge in [0.15, 0.2) is 11.3 Å². The van der Waals surface area contributed by atoms with Crippen LogP contribution in [0.4, 0.5) is 4.79 Å². The van der Waals surface area contributed by atoms with Crippen LogP contribution in [-0.2, 0) is 17.6 Å². The number of aromatic amines is 1. The number of methoxy groups -OCH3 is 1. The number of carbonyl (C=O) groups excluding carboxylic acids is 5. The molecule has 7 rings (SSSR count). The largest absolute Gasteiger partial charge is 0.496 e. The summed E-state index contributed by atoms with van der Waals surface area (Å²) in [6.07, 6.45) is 1.84. The molecular weight excluding hydrogens is 572 g/mol. The highest BCUT2D eigenvalue weighted by Crippen LogP contribution is 2.51. The molecule has 1 saturated heterocycles. The molecule has 10 heteroatoms. The molecule has 1 unspecified atom stereocenters. The lowest BCUT2D eigenvalue weighted by Gasteiger charge is -2.42. The third-order valence-corrected chi connectivity index (χ3v) is 9.41. The Bertz CT molecular complexity index is 2060. The van der Waals surface area contributed by atoms with Crippen molar-refractivity contribution in [3.05, 3.63) is 105 Å². The second-order valence-corrected chi connectivity index (χ2v) is 11.7. The number of carbonyl (C=O) groups is 5. The van der Waals surface area contributed by atoms with Crippen LogP contribution in [0.3, 0.4) is 0 Å². The first-order valence-electron chi connectivity index (χ1n) is 14.6. The summed E-state index contributed by atoms with van der Waals surface area (Å²) < 4.78 is 5.64. The Kier molecular flexibility index (Phi) is 6.29. The number of Topliss-reactive ketones (excluding diaryl/α,β-unsaturated/α-hetero) is 2. The van der Waals surface area contributed by atoms with Crippen LogP contribution in [0.5, 0.6) is 5.75 Å². The number of ketones is 2. The number of nitrogens with zero attached hydrogens (tertiary/aromatic N) is 2. The molecule has 1 atom stereocenters. The minimum absolute atomic E-state index is 0.00453. The summed E-state index contributed by atoms with van der Waals surface area (Å²) in [7, 11) is 4.36. The first kappa shape index (κ1) is 28.3. The van der Waals surface area contributed by atoms with Gasteiger partial charge in [-0.1, -0.05) is 36.4 Å². The van der Waals surface area contributed by atoms with Crippen LogP contribution in [0, 0.1) is 6.92 Å². The molecule has 0 radical (unpaired) electrons. The molecule has 1 spiro atoms. The van der Waals surface area contributed by atoms with Crippen molar-refractivity contribution >= 4 is 45.8 Å². The number of rotatable bonds is 5. The van der Waals surface area contributed by atoms with Gasteiger partial charge >= 0.3 is 6.03 Å². The van der Waals surface area contributed by atoms with Gasteiger partial charge in [0.05, 0.1) is 18.4 Å². The Labute approximate surface area is 258 Å². The molecule has 10 nitrogen and oxygen atoms in total. The number of fused-ring (bicyclic) bond motifs is 5. The van der Waals surface area contributed by atoms with Gasteiger partial charge in [0.25, 0.3) is 11.8 Å². The van der Waals surface area contributed by atoms with Gasteiger partial charge in [-0.25, -0.2) is 4.79 Å². The van der Waals surface area contributed by atoms with Crippen LogP contribution in [0.1, 0.15) is 53.5 Å². The van der Waals surface area contributed by atoms with E-state index in [0.29, 0.717) is 28.0 Å². The summed E-state index contributed by atoms with van der Waals surface area (Å²) in [6, 6.07) is 16.2. The highest BCUT2D eigenvalue weighted by molar-refractivity contribution is 6.43. The quantitative estimate of drug-likeness (QED) is 0.331. The van der Waals surface area contributed by atoms with E-state index in [1.807, 2.05) is 49.4 Å². The third kappa shape index (κ3) is 3.84. The Morgan fingerprint density at radius 2 is 1.73 bits per heavy atom. The van der Waals surface area contributed by atoms with Crippen molar-refractivity contribution in [3.8, 4) is 5.75 Å². The molecular formula is C35H30N4O6. The number of likely N-dealkylation sites (N-methyl/N-ethyl adjacent to an activating group) is 2. The Morgan fingerprint density at radius 1 is 0.978 bits per heavy atom. The predicted octanol–water partition coefficient (Wildman–Crippen LogP) is 4.11. The number of H-pyrrole nitrogens is 1. The van der Waals surface area contributed by atoms with E-state index in [1.165, 1.54) is 26.1 Å². The SMILES string of the molecule is COc1ccc(C)c2c1CC1(C(=O)N(C)C(=O)N1C)C1=C2C(=O)c2[nH]cc(CCNC(=O)c3ccc4ccccc4c3)c2C1=O. The molecule has 226 valence electrons. The van der Waals surface area contributed by atoms with Crippen LogP contribution in [0.15, 0.2) is 66.4 Å². The minimum Gasteiger partial charge on any atom is -0.496 e. The maximum atomic E-state index is 14.6. The monoisotopic (exact) mass is 602 g/mol. The van der Waals surface area contributed by atoms with Gasteiger partial charge in [-0.2, -0.15) is 0 Å². The van der Waals surface area contributed by atoms with Crippen molar-refractivity contribution in [2.75, 3.05) is 27.7 Å². The summed E-state index contributed by atoms with van der Waals surface area (Å²) in [5, 5.41) is 4.89. The molecule has 2 heterocycles. The van der Waals surface area contributed by atoms with Crippen molar-refractivity contribution in [2.45, 2.75) is 25.3 Å². The molecule has 1 fully saturated rings. The van der Waals surface area contributed by atoms with Gasteiger partial charge < -0.3 is 19.9 Å². The van der Waals surface area contributed by atoms with E-state index in [1.54, 1.807) is 18.3 Å². The van der Waals surface area contributed by atoms with E-state index >= 15 is 0 Å². The first-order valence-corrected chi connectivity index (χ1v) is 14.6. The molecule has 0 saturated carbocycles. The minimum atomic E-state index is -1.72. The predicted molar refractivity (Wildman–Crippen MR) is 166 cm³/mol. The summed E-state index contributed by atoms with van der Waals surface area (Å²) in [6.45, 7) is 2.04. The molecule has 0 bridgehead atoms. The fourth-order valence-corrected chi connectivity index (χ4v) is 7.12. The summed E-state index contributed by atoms with van der Waals surface area (Å²) in [5.41, 5.74) is 1.57. The van der Waals surface area contributed by atoms with Crippen molar-refractivity contribution in [1.82, 2.24) is 20.1 Å². The lowest BCUT2D eigenvalue weighted by atomic mass is 9.65. The number of ether oxygens (including phenoxy) is 1. The van der Waals surface area contributed by atoms with Gasteiger partial charge in [-0.3, -0.25) is 24.1 Å². The van der Waals surface area contributed by atoms with Crippen molar-refractivity contribution < 1.29 is 28.7 Å². The average Bonchev–Trinajstić information content (AvgIpc) is 3.54. The van der Waals surface area contributed by atoms with E-state index < -0.39 is 29.0 Å². The van der Waals surface area contributed by atoms with Crippen LogP contribution < -0.4 is 10.1 Å². The number of imide groups is 1.